The molecule has 8 heavy (non-hydrogen) atoms. The molecule has 0 aromatic heterocycles. The maximum atomic E-state index is 2.72. The van der Waals surface area contributed by atoms with E-state index in [9.17, 15) is 0 Å². The molecule has 0 unspecified atom stereocenters. The molecule has 0 N–H and O–H groups in total. The van der Waals surface area contributed by atoms with Gasteiger partial charge in [0.15, 0.2) is 0 Å². The van der Waals surface area contributed by atoms with E-state index in [-0.39, 0.29) is 24.8 Å². The zero-order valence-corrected chi connectivity index (χ0v) is 7.99. The Morgan fingerprint density at radius 3 is 1.62 bits per heavy atom. The predicted octanol–water partition coefficient (Wildman–Crippen LogP) is -4.37. The summed E-state index contributed by atoms with van der Waals surface area (Å²) in [5.41, 5.74) is 0. The minimum atomic E-state index is 0. The van der Waals surface area contributed by atoms with Crippen LogP contribution in [0.2, 0.25) is 5.28 Å². The molecule has 0 fully saturated rings. The second kappa shape index (κ2) is 11.0. The fraction of sp³-hybridized carbons (Fsp3) is 1.00. The average Bonchev–Trinajstić information content (AvgIpc) is 1.35. The van der Waals surface area contributed by atoms with Gasteiger partial charge in [0, 0.05) is 0 Å². The van der Waals surface area contributed by atoms with E-state index < -0.39 is 0 Å². The van der Waals surface area contributed by atoms with Crippen molar-refractivity contribution in [3.8, 4) is 0 Å². The van der Waals surface area contributed by atoms with Gasteiger partial charge in [0.05, 0.1) is 0 Å². The van der Waals surface area contributed by atoms with Crippen molar-refractivity contribution in [2.45, 2.75) is 25.6 Å². The molecule has 0 aliphatic carbocycles. The third-order valence-electron chi connectivity index (χ3n) is 0.744. The first-order valence-electron chi connectivity index (χ1n) is 2.47. The van der Waals surface area contributed by atoms with Crippen molar-refractivity contribution >= 4 is 16.3 Å². The fourth-order valence-electron chi connectivity index (χ4n) is 0.333. The van der Waals surface area contributed by atoms with Crippen LogP contribution < -0.4 is 24.8 Å². The molecule has 0 aromatic rings. The molecule has 3 heteroatoms. The topological polar surface area (TPSA) is 0 Å². The van der Waals surface area contributed by atoms with Gasteiger partial charge in [-0.05, 0) is 0 Å². The number of hydrogen-bond acceptors (Lipinski definition) is 0. The summed E-state index contributed by atoms with van der Waals surface area (Å²) >= 11 is 2.72. The molecule has 0 saturated heterocycles. The average molecular weight is 169 g/mol. The van der Waals surface area contributed by atoms with Crippen LogP contribution in [0.5, 0.6) is 0 Å². The predicted molar refractivity (Wildman–Crippen MR) is 30.0 cm³/mol. The maximum absolute atomic E-state index is 2.72. The first-order valence-corrected chi connectivity index (χ1v) is 3.29. The van der Waals surface area contributed by atoms with E-state index in [2.05, 4.69) is 30.1 Å². The zero-order valence-electron chi connectivity index (χ0n) is 5.32. The molecule has 0 amide bonds. The Balaban J connectivity index is -0.000000125. The second-order valence-electron chi connectivity index (χ2n) is 1.97. The first kappa shape index (κ1) is 16.1. The molecule has 0 heterocycles. The smallest absolute Gasteiger partial charge is 1.00 e. The van der Waals surface area contributed by atoms with Crippen molar-refractivity contribution in [3.63, 3.8) is 0 Å². The molecule has 0 aliphatic heterocycles. The standard InChI is InChI=1S/C5H11.Al.2ClH/c1-4-5(2)3;;;/h5H,1,4H2,2-3H3;;2*1H/q;+2;;/p-2. The fourth-order valence-corrected chi connectivity index (χ4v) is 1.00. The summed E-state index contributed by atoms with van der Waals surface area (Å²) in [5, 5.41) is 1.25. The van der Waals surface area contributed by atoms with Crippen LogP contribution in [0.15, 0.2) is 0 Å². The first-order chi connectivity index (χ1) is 2.77. The van der Waals surface area contributed by atoms with Crippen molar-refractivity contribution < 1.29 is 24.8 Å². The van der Waals surface area contributed by atoms with Gasteiger partial charge >= 0.3 is 47.8 Å². The van der Waals surface area contributed by atoms with Gasteiger partial charge in [0.25, 0.3) is 0 Å². The Labute approximate surface area is 72.7 Å². The van der Waals surface area contributed by atoms with E-state index in [4.69, 9.17) is 0 Å². The van der Waals surface area contributed by atoms with Crippen molar-refractivity contribution in [3.05, 3.63) is 0 Å². The van der Waals surface area contributed by atoms with Gasteiger partial charge in [-0.25, -0.2) is 0 Å². The molecule has 0 atom stereocenters. The van der Waals surface area contributed by atoms with Crippen molar-refractivity contribution in [2.24, 2.45) is 5.92 Å². The summed E-state index contributed by atoms with van der Waals surface area (Å²) in [7, 11) is 0. The van der Waals surface area contributed by atoms with Crippen LogP contribution in [0.25, 0.3) is 0 Å². The summed E-state index contributed by atoms with van der Waals surface area (Å²) in [6, 6.07) is 0. The van der Waals surface area contributed by atoms with Gasteiger partial charge in [-0.3, -0.25) is 0 Å². The molecule has 0 spiro atoms. The zero-order chi connectivity index (χ0) is 4.99. The Hall–Kier alpha value is 1.11. The molecule has 0 aliphatic rings. The Morgan fingerprint density at radius 2 is 1.62 bits per heavy atom. The molecular formula is C5H11AlCl2. The molecule has 0 radical (unpaired) electrons. The van der Waals surface area contributed by atoms with E-state index >= 15 is 0 Å². The van der Waals surface area contributed by atoms with Gasteiger partial charge in [0.2, 0.25) is 0 Å². The van der Waals surface area contributed by atoms with E-state index in [1.165, 1.54) is 11.7 Å². The van der Waals surface area contributed by atoms with Crippen LogP contribution in [0.4, 0.5) is 0 Å². The van der Waals surface area contributed by atoms with Crippen molar-refractivity contribution in [2.75, 3.05) is 0 Å². The van der Waals surface area contributed by atoms with E-state index in [1.54, 1.807) is 0 Å². The molecule has 0 nitrogen and oxygen atoms in total. The minimum Gasteiger partial charge on any atom is -1.00 e. The summed E-state index contributed by atoms with van der Waals surface area (Å²) in [6.07, 6.45) is 1.34. The quantitative estimate of drug-likeness (QED) is 0.366. The summed E-state index contributed by atoms with van der Waals surface area (Å²) in [4.78, 5) is 0. The van der Waals surface area contributed by atoms with Crippen molar-refractivity contribution in [1.82, 2.24) is 0 Å². The molecule has 0 rings (SSSR count). The van der Waals surface area contributed by atoms with Crippen molar-refractivity contribution in [1.29, 1.82) is 0 Å². The van der Waals surface area contributed by atoms with Gasteiger partial charge in [-0.2, -0.15) is 0 Å². The molecule has 0 saturated carbocycles. The maximum Gasteiger partial charge on any atom is -1.00 e. The summed E-state index contributed by atoms with van der Waals surface area (Å²) in [5.74, 6) is 0.877. The third-order valence-corrected chi connectivity index (χ3v) is 1.08. The Morgan fingerprint density at radius 1 is 1.25 bits per heavy atom. The van der Waals surface area contributed by atoms with E-state index in [0.29, 0.717) is 0 Å². The SMILES string of the molecule is CC(C)C[CH2][Al+2].[Cl-].[Cl-]. The van der Waals surface area contributed by atoms with Gasteiger partial charge < -0.3 is 24.8 Å². The van der Waals surface area contributed by atoms with Crippen LogP contribution >= 0.6 is 0 Å². The normalized spacial score (nSPS) is 7.62. The van der Waals surface area contributed by atoms with E-state index in [0.717, 1.165) is 5.92 Å². The second-order valence-corrected chi connectivity index (χ2v) is 2.55. The Kier molecular flexibility index (Phi) is 22.0. The molecule has 48 valence electrons. The minimum absolute atomic E-state index is 0. The summed E-state index contributed by atoms with van der Waals surface area (Å²) < 4.78 is 0. The Bertz CT molecular complexity index is 31.6. The molecular weight excluding hydrogens is 158 g/mol. The van der Waals surface area contributed by atoms with Crippen LogP contribution in [0.3, 0.4) is 0 Å². The number of halogens is 2. The number of rotatable bonds is 2. The van der Waals surface area contributed by atoms with Gasteiger partial charge in [-0.1, -0.05) is 0 Å². The van der Waals surface area contributed by atoms with Crippen LogP contribution in [-0.4, -0.2) is 16.3 Å². The number of hydrogen-bond donors (Lipinski definition) is 0. The van der Waals surface area contributed by atoms with Crippen LogP contribution in [0, 0.1) is 5.92 Å². The van der Waals surface area contributed by atoms with Crippen LogP contribution in [-0.2, 0) is 0 Å². The molecule has 0 bridgehead atoms. The summed E-state index contributed by atoms with van der Waals surface area (Å²) in [6.45, 7) is 4.48. The molecule has 0 aromatic carbocycles. The third kappa shape index (κ3) is 15.7. The van der Waals surface area contributed by atoms with Gasteiger partial charge in [0.1, 0.15) is 0 Å². The largest absolute Gasteiger partial charge is 1.00 e. The van der Waals surface area contributed by atoms with Crippen LogP contribution in [0.1, 0.15) is 20.3 Å². The monoisotopic (exact) mass is 168 g/mol. The van der Waals surface area contributed by atoms with E-state index in [1.807, 2.05) is 0 Å². The van der Waals surface area contributed by atoms with Gasteiger partial charge in [-0.15, -0.1) is 0 Å².